The number of hydrogen-bond donors (Lipinski definition) is 0. The summed E-state index contributed by atoms with van der Waals surface area (Å²) in [4.78, 5) is 24.8. The first kappa shape index (κ1) is 20.5. The van der Waals surface area contributed by atoms with Gasteiger partial charge in [0.2, 0.25) is 0 Å². The van der Waals surface area contributed by atoms with Gasteiger partial charge in [0.15, 0.2) is 6.10 Å². The molecule has 2 aromatic rings. The van der Waals surface area contributed by atoms with Gasteiger partial charge in [-0.05, 0) is 24.0 Å². The van der Waals surface area contributed by atoms with Crippen LogP contribution >= 0.6 is 0 Å². The average Bonchev–Trinajstić information content (AvgIpc) is 2.66. The fraction of sp³-hybridized carbons (Fsp3) is 0.364. The Bertz CT molecular complexity index is 739. The number of carbonyl (C=O) groups is 2. The monoisotopic (exact) mass is 370 g/mol. The van der Waals surface area contributed by atoms with Crippen LogP contribution in [0.15, 0.2) is 54.6 Å². The molecule has 0 radical (unpaired) electrons. The molecule has 0 amide bonds. The Morgan fingerprint density at radius 3 is 2.30 bits per heavy atom. The lowest BCUT2D eigenvalue weighted by Crippen LogP contribution is -2.31. The van der Waals surface area contributed by atoms with Crippen LogP contribution in [-0.2, 0) is 32.1 Å². The molecule has 1 atom stereocenters. The summed E-state index contributed by atoms with van der Waals surface area (Å²) in [5, 5.41) is 0. The first-order valence-corrected chi connectivity index (χ1v) is 9.01. The predicted molar refractivity (Wildman–Crippen MR) is 102 cm³/mol. The molecule has 2 aromatic carbocycles. The number of rotatable bonds is 9. The quantitative estimate of drug-likeness (QED) is 0.626. The Morgan fingerprint density at radius 2 is 1.63 bits per heavy atom. The molecule has 0 spiro atoms. The van der Waals surface area contributed by atoms with Crippen molar-refractivity contribution in [3.05, 3.63) is 65.7 Å². The third kappa shape index (κ3) is 6.77. The molecule has 0 saturated heterocycles. The second kappa shape index (κ2) is 10.4. The van der Waals surface area contributed by atoms with Crippen molar-refractivity contribution in [2.24, 2.45) is 5.92 Å². The van der Waals surface area contributed by atoms with Gasteiger partial charge in [-0.1, -0.05) is 62.4 Å². The summed E-state index contributed by atoms with van der Waals surface area (Å²) >= 11 is 0. The van der Waals surface area contributed by atoms with E-state index in [0.29, 0.717) is 17.7 Å². The molecule has 5 heteroatoms. The zero-order chi connectivity index (χ0) is 19.6. The number of para-hydroxylation sites is 1. The second-order valence-corrected chi connectivity index (χ2v) is 6.69. The van der Waals surface area contributed by atoms with E-state index in [1.54, 1.807) is 19.2 Å². The highest BCUT2D eigenvalue weighted by Crippen LogP contribution is 2.19. The topological polar surface area (TPSA) is 61.8 Å². The zero-order valence-corrected chi connectivity index (χ0v) is 16.0. The lowest BCUT2D eigenvalue weighted by molar-refractivity contribution is -0.169. The molecular weight excluding hydrogens is 344 g/mol. The molecular formula is C22H26O5. The van der Waals surface area contributed by atoms with Crippen LogP contribution < -0.4 is 4.74 Å². The fourth-order valence-electron chi connectivity index (χ4n) is 2.65. The van der Waals surface area contributed by atoms with Crippen LogP contribution in [0, 0.1) is 5.92 Å². The number of benzene rings is 2. The van der Waals surface area contributed by atoms with E-state index in [-0.39, 0.29) is 18.9 Å². The van der Waals surface area contributed by atoms with Crippen LogP contribution in [-0.4, -0.2) is 25.2 Å². The predicted octanol–water partition coefficient (Wildman–Crippen LogP) is 3.94. The summed E-state index contributed by atoms with van der Waals surface area (Å²) in [6.07, 6.45) is -0.480. The van der Waals surface area contributed by atoms with Gasteiger partial charge in [0.1, 0.15) is 12.4 Å². The van der Waals surface area contributed by atoms with Crippen LogP contribution in [0.5, 0.6) is 5.75 Å². The lowest BCUT2D eigenvalue weighted by atomic mass is 10.1. The maximum absolute atomic E-state index is 12.4. The maximum Gasteiger partial charge on any atom is 0.347 e. The summed E-state index contributed by atoms with van der Waals surface area (Å²) in [7, 11) is 1.55. The van der Waals surface area contributed by atoms with E-state index >= 15 is 0 Å². The summed E-state index contributed by atoms with van der Waals surface area (Å²) in [5.74, 6) is -0.220. The number of carbonyl (C=O) groups excluding carboxylic acids is 2. The molecule has 0 unspecified atom stereocenters. The molecule has 0 fully saturated rings. The highest BCUT2D eigenvalue weighted by atomic mass is 16.6. The van der Waals surface area contributed by atoms with Gasteiger partial charge >= 0.3 is 11.9 Å². The SMILES string of the molecule is COc1ccccc1CC(=O)O[C@H](CC(C)C)C(=O)OCc1ccccc1. The van der Waals surface area contributed by atoms with Crippen molar-refractivity contribution in [1.82, 2.24) is 0 Å². The van der Waals surface area contributed by atoms with E-state index in [9.17, 15) is 9.59 Å². The average molecular weight is 370 g/mol. The van der Waals surface area contributed by atoms with Crippen molar-refractivity contribution in [3.8, 4) is 5.75 Å². The van der Waals surface area contributed by atoms with Gasteiger partial charge in [-0.15, -0.1) is 0 Å². The molecule has 2 rings (SSSR count). The number of methoxy groups -OCH3 is 1. The minimum atomic E-state index is -0.920. The van der Waals surface area contributed by atoms with Crippen LogP contribution in [0.4, 0.5) is 0 Å². The van der Waals surface area contributed by atoms with Crippen LogP contribution in [0.3, 0.4) is 0 Å². The second-order valence-electron chi connectivity index (χ2n) is 6.69. The normalized spacial score (nSPS) is 11.7. The van der Waals surface area contributed by atoms with Crippen LogP contribution in [0.1, 0.15) is 31.4 Å². The van der Waals surface area contributed by atoms with Crippen molar-refractivity contribution >= 4 is 11.9 Å². The Balaban J connectivity index is 1.98. The number of esters is 2. The Morgan fingerprint density at radius 1 is 0.963 bits per heavy atom. The van der Waals surface area contributed by atoms with E-state index in [2.05, 4.69) is 0 Å². The van der Waals surface area contributed by atoms with Gasteiger partial charge in [0.25, 0.3) is 0 Å². The molecule has 0 aromatic heterocycles. The van der Waals surface area contributed by atoms with Gasteiger partial charge in [-0.25, -0.2) is 4.79 Å². The van der Waals surface area contributed by atoms with Gasteiger partial charge in [-0.3, -0.25) is 4.79 Å². The summed E-state index contributed by atoms with van der Waals surface area (Å²) in [6.45, 7) is 4.08. The third-order valence-corrected chi connectivity index (χ3v) is 3.97. The molecule has 0 heterocycles. The van der Waals surface area contributed by atoms with E-state index in [4.69, 9.17) is 14.2 Å². The minimum Gasteiger partial charge on any atom is -0.496 e. The highest BCUT2D eigenvalue weighted by molar-refractivity contribution is 5.80. The molecule has 0 aliphatic rings. The van der Waals surface area contributed by atoms with Crippen molar-refractivity contribution < 1.29 is 23.8 Å². The van der Waals surface area contributed by atoms with Crippen molar-refractivity contribution in [2.75, 3.05) is 7.11 Å². The van der Waals surface area contributed by atoms with Crippen LogP contribution in [0.2, 0.25) is 0 Å². The van der Waals surface area contributed by atoms with Gasteiger partial charge < -0.3 is 14.2 Å². The molecule has 0 aliphatic heterocycles. The largest absolute Gasteiger partial charge is 0.496 e. The van der Waals surface area contributed by atoms with E-state index in [1.807, 2.05) is 56.3 Å². The van der Waals surface area contributed by atoms with Gasteiger partial charge in [0.05, 0.1) is 13.5 Å². The molecule has 0 aliphatic carbocycles. The molecule has 27 heavy (non-hydrogen) atoms. The third-order valence-electron chi connectivity index (χ3n) is 3.97. The molecule has 5 nitrogen and oxygen atoms in total. The Labute approximate surface area is 160 Å². The van der Waals surface area contributed by atoms with Crippen molar-refractivity contribution in [3.63, 3.8) is 0 Å². The number of hydrogen-bond acceptors (Lipinski definition) is 5. The summed E-state index contributed by atoms with van der Waals surface area (Å²) in [5.41, 5.74) is 1.60. The molecule has 0 N–H and O–H groups in total. The molecule has 144 valence electrons. The van der Waals surface area contributed by atoms with Crippen molar-refractivity contribution in [1.29, 1.82) is 0 Å². The first-order valence-electron chi connectivity index (χ1n) is 9.01. The first-order chi connectivity index (χ1) is 13.0. The standard InChI is InChI=1S/C22H26O5/c1-16(2)13-20(22(24)26-15-17-9-5-4-6-10-17)27-21(23)14-18-11-7-8-12-19(18)25-3/h4-12,16,20H,13-15H2,1-3H3/t20-/m1/s1. The van der Waals surface area contributed by atoms with Crippen molar-refractivity contribution in [2.45, 2.75) is 39.4 Å². The Kier molecular flexibility index (Phi) is 7.86. The van der Waals surface area contributed by atoms with Crippen LogP contribution in [0.25, 0.3) is 0 Å². The minimum absolute atomic E-state index is 0.0323. The van der Waals surface area contributed by atoms with E-state index in [1.165, 1.54) is 0 Å². The Hall–Kier alpha value is -2.82. The smallest absolute Gasteiger partial charge is 0.347 e. The van der Waals surface area contributed by atoms with E-state index in [0.717, 1.165) is 5.56 Å². The van der Waals surface area contributed by atoms with Gasteiger partial charge in [0, 0.05) is 5.56 Å². The zero-order valence-electron chi connectivity index (χ0n) is 16.0. The fourth-order valence-corrected chi connectivity index (χ4v) is 2.65. The van der Waals surface area contributed by atoms with Gasteiger partial charge in [-0.2, -0.15) is 0 Å². The summed E-state index contributed by atoms with van der Waals surface area (Å²) in [6, 6.07) is 16.6. The molecule has 0 saturated carbocycles. The molecule has 0 bridgehead atoms. The maximum atomic E-state index is 12.4. The number of ether oxygens (including phenoxy) is 3. The lowest BCUT2D eigenvalue weighted by Gasteiger charge is -2.19. The van der Waals surface area contributed by atoms with E-state index < -0.39 is 18.0 Å². The summed E-state index contributed by atoms with van der Waals surface area (Å²) < 4.78 is 16.0. The highest BCUT2D eigenvalue weighted by Gasteiger charge is 2.26.